The number of nitrogens with zero attached hydrogens (tertiary/aromatic N) is 2. The van der Waals surface area contributed by atoms with E-state index in [0.29, 0.717) is 30.5 Å². The van der Waals surface area contributed by atoms with Crippen LogP contribution < -0.4 is 9.47 Å². The molecule has 5 heteroatoms. The molecule has 1 fully saturated rings. The maximum atomic E-state index is 12.3. The van der Waals surface area contributed by atoms with Gasteiger partial charge in [-0.25, -0.2) is 4.79 Å². The molecular weight excluding hydrogens is 316 g/mol. The Balaban J connectivity index is 1.69. The van der Waals surface area contributed by atoms with Gasteiger partial charge in [0.25, 0.3) is 0 Å². The second-order valence-electron chi connectivity index (χ2n) is 6.22. The first-order valence-corrected chi connectivity index (χ1v) is 8.39. The summed E-state index contributed by atoms with van der Waals surface area (Å²) in [6.45, 7) is 3.57. The predicted molar refractivity (Wildman–Crippen MR) is 93.7 cm³/mol. The molecule has 0 aliphatic carbocycles. The quantitative estimate of drug-likeness (QED) is 0.823. The molecule has 128 valence electrons. The molecule has 0 unspecified atom stereocenters. The number of para-hydroxylation sites is 1. The lowest BCUT2D eigenvalue weighted by Gasteiger charge is -2.29. The first-order valence-electron chi connectivity index (χ1n) is 8.39. The first kappa shape index (κ1) is 16.8. The van der Waals surface area contributed by atoms with Crippen LogP contribution in [0.4, 0.5) is 4.79 Å². The van der Waals surface area contributed by atoms with E-state index in [-0.39, 0.29) is 11.3 Å². The maximum Gasteiger partial charge on any atom is 0.415 e. The fraction of sp³-hybridized carbons (Fsp3) is 0.300. The van der Waals surface area contributed by atoms with Crippen molar-refractivity contribution in [2.75, 3.05) is 13.1 Å². The van der Waals surface area contributed by atoms with E-state index in [2.05, 4.69) is 13.0 Å². The van der Waals surface area contributed by atoms with E-state index >= 15 is 0 Å². The van der Waals surface area contributed by atoms with Gasteiger partial charge < -0.3 is 14.4 Å². The SMILES string of the molecule is CC1CCN(C(=O)Oc2ccc(Oc3ccccc3)cc2C#N)CC1. The normalized spacial score (nSPS) is 14.6. The number of hydrogen-bond donors (Lipinski definition) is 0. The number of benzene rings is 2. The Morgan fingerprint density at radius 1 is 1.12 bits per heavy atom. The molecule has 1 heterocycles. The summed E-state index contributed by atoms with van der Waals surface area (Å²) >= 11 is 0. The number of carbonyl (C=O) groups excluding carboxylic acids is 1. The van der Waals surface area contributed by atoms with Crippen molar-refractivity contribution in [2.24, 2.45) is 5.92 Å². The Kier molecular flexibility index (Phi) is 5.20. The Labute approximate surface area is 147 Å². The van der Waals surface area contributed by atoms with Crippen LogP contribution in [0, 0.1) is 17.2 Å². The monoisotopic (exact) mass is 336 g/mol. The van der Waals surface area contributed by atoms with E-state index in [9.17, 15) is 10.1 Å². The third kappa shape index (κ3) is 4.30. The molecule has 0 radical (unpaired) electrons. The van der Waals surface area contributed by atoms with Gasteiger partial charge in [0.2, 0.25) is 0 Å². The smallest absolute Gasteiger partial charge is 0.415 e. The van der Waals surface area contributed by atoms with Crippen molar-refractivity contribution in [3.63, 3.8) is 0 Å². The molecule has 1 amide bonds. The van der Waals surface area contributed by atoms with Gasteiger partial charge in [-0.2, -0.15) is 5.26 Å². The second kappa shape index (κ2) is 7.71. The number of rotatable bonds is 3. The summed E-state index contributed by atoms with van der Waals surface area (Å²) in [7, 11) is 0. The number of ether oxygens (including phenoxy) is 2. The van der Waals surface area contributed by atoms with Gasteiger partial charge in [0, 0.05) is 19.2 Å². The molecule has 2 aromatic carbocycles. The van der Waals surface area contributed by atoms with E-state index in [1.165, 1.54) is 0 Å². The third-order valence-corrected chi connectivity index (χ3v) is 4.29. The number of amides is 1. The lowest BCUT2D eigenvalue weighted by atomic mass is 10.00. The highest BCUT2D eigenvalue weighted by atomic mass is 16.6. The highest BCUT2D eigenvalue weighted by Gasteiger charge is 2.22. The minimum atomic E-state index is -0.403. The largest absolute Gasteiger partial charge is 0.457 e. The van der Waals surface area contributed by atoms with Crippen LogP contribution >= 0.6 is 0 Å². The van der Waals surface area contributed by atoms with Gasteiger partial charge in [-0.1, -0.05) is 25.1 Å². The molecule has 1 saturated heterocycles. The Morgan fingerprint density at radius 2 is 1.84 bits per heavy atom. The molecule has 5 nitrogen and oxygen atoms in total. The van der Waals surface area contributed by atoms with Crippen LogP contribution in [0.2, 0.25) is 0 Å². The molecule has 25 heavy (non-hydrogen) atoms. The number of carbonyl (C=O) groups is 1. The van der Waals surface area contributed by atoms with Gasteiger partial charge in [-0.3, -0.25) is 0 Å². The van der Waals surface area contributed by atoms with Gasteiger partial charge in [-0.15, -0.1) is 0 Å². The molecule has 1 aliphatic rings. The average Bonchev–Trinajstić information content (AvgIpc) is 2.64. The van der Waals surface area contributed by atoms with E-state index in [1.54, 1.807) is 23.1 Å². The summed E-state index contributed by atoms with van der Waals surface area (Å²) in [6.07, 6.45) is 1.55. The van der Waals surface area contributed by atoms with Crippen molar-refractivity contribution in [1.29, 1.82) is 5.26 Å². The molecule has 0 spiro atoms. The van der Waals surface area contributed by atoms with Crippen LogP contribution in [0.15, 0.2) is 48.5 Å². The lowest BCUT2D eigenvalue weighted by molar-refractivity contribution is 0.133. The molecular formula is C20H20N2O3. The summed E-state index contributed by atoms with van der Waals surface area (Å²) in [5.74, 6) is 2.09. The highest BCUT2D eigenvalue weighted by molar-refractivity contribution is 5.72. The van der Waals surface area contributed by atoms with E-state index in [1.807, 2.05) is 30.3 Å². The number of likely N-dealkylation sites (tertiary alicyclic amines) is 1. The van der Waals surface area contributed by atoms with Crippen molar-refractivity contribution in [3.8, 4) is 23.3 Å². The summed E-state index contributed by atoms with van der Waals surface area (Å²) in [6, 6.07) is 16.2. The van der Waals surface area contributed by atoms with Crippen LogP contribution in [0.1, 0.15) is 25.3 Å². The zero-order chi connectivity index (χ0) is 17.6. The Bertz CT molecular complexity index is 775. The molecule has 0 N–H and O–H groups in total. The van der Waals surface area contributed by atoms with Crippen LogP contribution in [0.25, 0.3) is 0 Å². The molecule has 0 saturated carbocycles. The van der Waals surface area contributed by atoms with Gasteiger partial charge in [-0.05, 0) is 43.0 Å². The van der Waals surface area contributed by atoms with Gasteiger partial charge >= 0.3 is 6.09 Å². The van der Waals surface area contributed by atoms with Crippen LogP contribution in [0.5, 0.6) is 17.2 Å². The van der Waals surface area contributed by atoms with Crippen molar-refractivity contribution in [3.05, 3.63) is 54.1 Å². The van der Waals surface area contributed by atoms with Gasteiger partial charge in [0.1, 0.15) is 17.6 Å². The average molecular weight is 336 g/mol. The molecule has 1 aliphatic heterocycles. The van der Waals surface area contributed by atoms with Crippen molar-refractivity contribution in [1.82, 2.24) is 4.90 Å². The van der Waals surface area contributed by atoms with Crippen molar-refractivity contribution >= 4 is 6.09 Å². The summed E-state index contributed by atoms with van der Waals surface area (Å²) in [5, 5.41) is 9.36. The zero-order valence-corrected chi connectivity index (χ0v) is 14.1. The van der Waals surface area contributed by atoms with Crippen LogP contribution in [-0.2, 0) is 0 Å². The predicted octanol–water partition coefficient (Wildman–Crippen LogP) is 4.58. The summed E-state index contributed by atoms with van der Waals surface area (Å²) < 4.78 is 11.1. The zero-order valence-electron chi connectivity index (χ0n) is 14.1. The Hall–Kier alpha value is -3.00. The summed E-state index contributed by atoms with van der Waals surface area (Å²) in [5.41, 5.74) is 0.271. The van der Waals surface area contributed by atoms with Crippen LogP contribution in [-0.4, -0.2) is 24.1 Å². The number of nitriles is 1. The van der Waals surface area contributed by atoms with Gasteiger partial charge in [0.05, 0.1) is 5.56 Å². The molecule has 0 aromatic heterocycles. The van der Waals surface area contributed by atoms with Crippen molar-refractivity contribution < 1.29 is 14.3 Å². The first-order chi connectivity index (χ1) is 12.2. The minimum absolute atomic E-state index is 0.256. The van der Waals surface area contributed by atoms with E-state index < -0.39 is 6.09 Å². The Morgan fingerprint density at radius 3 is 2.52 bits per heavy atom. The molecule has 3 rings (SSSR count). The van der Waals surface area contributed by atoms with Crippen LogP contribution in [0.3, 0.4) is 0 Å². The maximum absolute atomic E-state index is 12.3. The second-order valence-corrected chi connectivity index (χ2v) is 6.22. The fourth-order valence-corrected chi connectivity index (χ4v) is 2.72. The highest BCUT2D eigenvalue weighted by Crippen LogP contribution is 2.28. The standard InChI is InChI=1S/C20H20N2O3/c1-15-9-11-22(12-10-15)20(23)25-19-8-7-18(13-16(19)14-21)24-17-5-3-2-4-6-17/h2-8,13,15H,9-12H2,1H3. The van der Waals surface area contributed by atoms with E-state index in [4.69, 9.17) is 9.47 Å². The van der Waals surface area contributed by atoms with Gasteiger partial charge in [0.15, 0.2) is 5.75 Å². The molecule has 0 atom stereocenters. The molecule has 2 aromatic rings. The fourth-order valence-electron chi connectivity index (χ4n) is 2.72. The third-order valence-electron chi connectivity index (χ3n) is 4.29. The number of piperidine rings is 1. The molecule has 0 bridgehead atoms. The summed E-state index contributed by atoms with van der Waals surface area (Å²) in [4.78, 5) is 14.0. The lowest BCUT2D eigenvalue weighted by Crippen LogP contribution is -2.39. The van der Waals surface area contributed by atoms with Crippen molar-refractivity contribution in [2.45, 2.75) is 19.8 Å². The minimum Gasteiger partial charge on any atom is -0.457 e. The van der Waals surface area contributed by atoms with E-state index in [0.717, 1.165) is 12.8 Å². The number of hydrogen-bond acceptors (Lipinski definition) is 4. The topological polar surface area (TPSA) is 62.6 Å².